The second kappa shape index (κ2) is 2.64. The quantitative estimate of drug-likeness (QED) is 0.588. The fourth-order valence-corrected chi connectivity index (χ4v) is 5.33. The van der Waals surface area contributed by atoms with Crippen molar-refractivity contribution in [3.8, 4) is 0 Å². The van der Waals surface area contributed by atoms with E-state index in [2.05, 4.69) is 0 Å². The Morgan fingerprint density at radius 2 is 1.53 bits per heavy atom. The van der Waals surface area contributed by atoms with Crippen molar-refractivity contribution in [3.05, 3.63) is 11.8 Å². The highest BCUT2D eigenvalue weighted by atomic mass is 31.2. The normalized spacial score (nSPS) is 36.5. The minimum absolute atomic E-state index is 0.171. The average Bonchev–Trinajstić information content (AvgIpc) is 2.73. The van der Waals surface area contributed by atoms with Crippen LogP contribution in [-0.4, -0.2) is 41.3 Å². The number of hydrogen-bond acceptors (Lipinski definition) is 3. The minimum atomic E-state index is -2.52. The van der Waals surface area contributed by atoms with Crippen molar-refractivity contribution in [1.29, 1.82) is 0 Å². The maximum absolute atomic E-state index is 12.7. The third-order valence-corrected chi connectivity index (χ3v) is 5.91. The molecule has 0 amide bonds. The predicted octanol–water partition coefficient (Wildman–Crippen LogP) is 1.39. The lowest BCUT2D eigenvalue weighted by molar-refractivity contribution is 0.190. The Kier molecular flexibility index (Phi) is 1.66. The maximum atomic E-state index is 12.7. The van der Waals surface area contributed by atoms with Gasteiger partial charge in [0, 0.05) is 6.66 Å². The number of hydrogen-bond donors (Lipinski definition) is 0. The van der Waals surface area contributed by atoms with Crippen LogP contribution >= 0.6 is 7.44 Å². The van der Waals surface area contributed by atoms with Gasteiger partial charge in [-0.25, -0.2) is 0 Å². The lowest BCUT2D eigenvalue weighted by atomic mass is 10.4. The van der Waals surface area contributed by atoms with Crippen LogP contribution in [0.25, 0.3) is 0 Å². The molecule has 0 N–H and O–H groups in total. The molecule has 0 aliphatic carbocycles. The highest BCUT2D eigenvalue weighted by molar-refractivity contribution is 7.58. The van der Waals surface area contributed by atoms with Crippen LogP contribution in [-0.2, 0) is 14.0 Å². The fourth-order valence-electron chi connectivity index (χ4n) is 2.56. The molecule has 0 aromatic heterocycles. The van der Waals surface area contributed by atoms with E-state index < -0.39 is 7.44 Å². The zero-order valence-electron chi connectivity index (χ0n) is 9.14. The summed E-state index contributed by atoms with van der Waals surface area (Å²) in [6.45, 7) is 7.04. The van der Waals surface area contributed by atoms with Crippen molar-refractivity contribution in [1.82, 2.24) is 9.34 Å². The van der Waals surface area contributed by atoms with Gasteiger partial charge in [0.1, 0.15) is 13.2 Å². The van der Waals surface area contributed by atoms with Crippen molar-refractivity contribution >= 4 is 7.44 Å². The van der Waals surface area contributed by atoms with Crippen LogP contribution in [0.3, 0.4) is 0 Å². The topological polar surface area (TPSA) is 42.0 Å². The van der Waals surface area contributed by atoms with E-state index in [9.17, 15) is 4.57 Å². The molecule has 2 fully saturated rings. The summed E-state index contributed by atoms with van der Waals surface area (Å²) in [4.78, 5) is 0. The second-order valence-corrected chi connectivity index (χ2v) is 6.99. The molecule has 0 aromatic rings. The van der Waals surface area contributed by atoms with E-state index in [1.165, 1.54) is 0 Å². The third kappa shape index (κ3) is 0.969. The molecular formula is C9H15N2O3P. The van der Waals surface area contributed by atoms with Crippen LogP contribution < -0.4 is 0 Å². The largest absolute Gasteiger partial charge is 0.473 e. The van der Waals surface area contributed by atoms with Gasteiger partial charge in [0.15, 0.2) is 0 Å². The molecule has 3 rings (SSSR count). The van der Waals surface area contributed by atoms with E-state index >= 15 is 0 Å². The van der Waals surface area contributed by atoms with E-state index in [-0.39, 0.29) is 12.1 Å². The van der Waals surface area contributed by atoms with Crippen LogP contribution in [0.1, 0.15) is 13.8 Å². The predicted molar refractivity (Wildman–Crippen MR) is 55.1 cm³/mol. The van der Waals surface area contributed by atoms with Crippen molar-refractivity contribution in [2.75, 3.05) is 19.9 Å². The van der Waals surface area contributed by atoms with Crippen LogP contribution in [0.15, 0.2) is 11.8 Å². The van der Waals surface area contributed by atoms with Crippen molar-refractivity contribution in [2.24, 2.45) is 0 Å². The van der Waals surface area contributed by atoms with E-state index in [0.29, 0.717) is 25.0 Å². The molecule has 0 unspecified atom stereocenters. The van der Waals surface area contributed by atoms with Gasteiger partial charge in [0.25, 0.3) is 19.2 Å². The number of rotatable bonds is 0. The number of ether oxygens (including phenoxy) is 2. The summed E-state index contributed by atoms with van der Waals surface area (Å²) < 4.78 is 27.6. The zero-order chi connectivity index (χ0) is 10.8. The smallest absolute Gasteiger partial charge is 0.265 e. The molecule has 2 atom stereocenters. The second-order valence-electron chi connectivity index (χ2n) is 4.45. The SMILES string of the molecule is C[C@H]1COC2=C3OC[C@H](C)N3P(C)(=O)N21. The summed E-state index contributed by atoms with van der Waals surface area (Å²) in [6, 6.07) is 0.342. The van der Waals surface area contributed by atoms with Gasteiger partial charge in [0.05, 0.1) is 12.1 Å². The minimum Gasteiger partial charge on any atom is -0.473 e. The Morgan fingerprint density at radius 3 is 1.93 bits per heavy atom. The summed E-state index contributed by atoms with van der Waals surface area (Å²) in [7, 11) is -2.52. The van der Waals surface area contributed by atoms with Gasteiger partial charge in [-0.05, 0) is 13.8 Å². The third-order valence-electron chi connectivity index (χ3n) is 3.16. The van der Waals surface area contributed by atoms with Crippen molar-refractivity contribution in [3.63, 3.8) is 0 Å². The van der Waals surface area contributed by atoms with E-state index in [1.54, 1.807) is 6.66 Å². The Bertz CT molecular complexity index is 363. The highest BCUT2D eigenvalue weighted by Crippen LogP contribution is 2.65. The van der Waals surface area contributed by atoms with Gasteiger partial charge in [0.2, 0.25) is 0 Å². The first kappa shape index (κ1) is 9.40. The molecule has 6 heteroatoms. The standard InChI is InChI=1S/C9H15N2O3P/c1-6-4-13-8-9-11(7(2)5-14-9)15(3,12)10(6)8/h6-7H,4-5H2,1-3H3/t6-,7-/m0/s1. The van der Waals surface area contributed by atoms with E-state index in [4.69, 9.17) is 9.47 Å². The van der Waals surface area contributed by atoms with Gasteiger partial charge < -0.3 is 9.47 Å². The van der Waals surface area contributed by atoms with Crippen LogP contribution in [0.4, 0.5) is 0 Å². The Hall–Kier alpha value is -0.830. The Morgan fingerprint density at radius 1 is 1.13 bits per heavy atom. The summed E-state index contributed by atoms with van der Waals surface area (Å²) in [5.41, 5.74) is 0. The first-order chi connectivity index (χ1) is 7.03. The lowest BCUT2D eigenvalue weighted by Crippen LogP contribution is -2.29. The molecule has 0 saturated carbocycles. The lowest BCUT2D eigenvalue weighted by Gasteiger charge is -2.30. The molecule has 0 spiro atoms. The highest BCUT2D eigenvalue weighted by Gasteiger charge is 2.55. The van der Waals surface area contributed by atoms with Crippen LogP contribution in [0, 0.1) is 0 Å². The first-order valence-corrected chi connectivity index (χ1v) is 7.26. The molecular weight excluding hydrogens is 215 g/mol. The molecule has 3 aliphatic rings. The molecule has 5 nitrogen and oxygen atoms in total. The molecule has 0 aromatic carbocycles. The number of nitrogens with zero attached hydrogens (tertiary/aromatic N) is 2. The van der Waals surface area contributed by atoms with Gasteiger partial charge in [-0.15, -0.1) is 0 Å². The molecule has 3 heterocycles. The molecule has 0 bridgehead atoms. The first-order valence-electron chi connectivity index (χ1n) is 5.20. The number of fused-ring (bicyclic) bond motifs is 2. The van der Waals surface area contributed by atoms with Gasteiger partial charge in [-0.1, -0.05) is 0 Å². The summed E-state index contributed by atoms with van der Waals surface area (Å²) >= 11 is 0. The zero-order valence-corrected chi connectivity index (χ0v) is 10.0. The molecule has 0 radical (unpaired) electrons. The summed E-state index contributed by atoms with van der Waals surface area (Å²) in [6.07, 6.45) is 0. The van der Waals surface area contributed by atoms with Crippen molar-refractivity contribution in [2.45, 2.75) is 25.9 Å². The fraction of sp³-hybridized carbons (Fsp3) is 0.778. The summed E-state index contributed by atoms with van der Waals surface area (Å²) in [5, 5.41) is 0. The molecule has 3 aliphatic heterocycles. The Balaban J connectivity index is 2.13. The van der Waals surface area contributed by atoms with Gasteiger partial charge in [-0.2, -0.15) is 0 Å². The molecule has 84 valence electrons. The van der Waals surface area contributed by atoms with Gasteiger partial charge in [-0.3, -0.25) is 13.9 Å². The molecule has 15 heavy (non-hydrogen) atoms. The van der Waals surface area contributed by atoms with Crippen LogP contribution in [0.5, 0.6) is 0 Å². The summed E-state index contributed by atoms with van der Waals surface area (Å²) in [5.74, 6) is 1.36. The monoisotopic (exact) mass is 230 g/mol. The van der Waals surface area contributed by atoms with Crippen LogP contribution in [0.2, 0.25) is 0 Å². The van der Waals surface area contributed by atoms with E-state index in [0.717, 1.165) is 0 Å². The van der Waals surface area contributed by atoms with E-state index in [1.807, 2.05) is 23.2 Å². The molecule has 2 saturated heterocycles. The Labute approximate surface area is 89.1 Å². The average molecular weight is 230 g/mol. The van der Waals surface area contributed by atoms with Crippen molar-refractivity contribution < 1.29 is 14.0 Å². The van der Waals surface area contributed by atoms with Gasteiger partial charge >= 0.3 is 0 Å². The maximum Gasteiger partial charge on any atom is 0.265 e.